The number of amides is 1. The molecule has 1 aliphatic heterocycles. The van der Waals surface area contributed by atoms with E-state index in [2.05, 4.69) is 39.8 Å². The number of primary amides is 1. The highest BCUT2D eigenvalue weighted by Crippen LogP contribution is 2.02. The minimum atomic E-state index is -0.220. The van der Waals surface area contributed by atoms with Gasteiger partial charge in [0, 0.05) is 52.1 Å². The van der Waals surface area contributed by atoms with Crippen molar-refractivity contribution in [1.82, 2.24) is 19.6 Å². The van der Waals surface area contributed by atoms with Crippen molar-refractivity contribution in [3.05, 3.63) is 0 Å². The van der Waals surface area contributed by atoms with Crippen LogP contribution in [0.1, 0.15) is 25.7 Å². The lowest BCUT2D eigenvalue weighted by Crippen LogP contribution is -2.40. The largest absolute Gasteiger partial charge is 0.370 e. The van der Waals surface area contributed by atoms with Gasteiger partial charge in [-0.2, -0.15) is 5.26 Å². The summed E-state index contributed by atoms with van der Waals surface area (Å²) in [5, 5.41) is 8.84. The first-order valence-corrected chi connectivity index (χ1v) is 9.48. The number of nitrogens with two attached hydrogens (primary N) is 1. The Bertz CT molecular complexity index is 411. The van der Waals surface area contributed by atoms with Gasteiger partial charge in [0.15, 0.2) is 0 Å². The predicted octanol–water partition coefficient (Wildman–Crippen LogP) is 0.0369. The van der Waals surface area contributed by atoms with E-state index in [0.717, 1.165) is 78.3 Å². The van der Waals surface area contributed by atoms with Gasteiger partial charge in [0.1, 0.15) is 0 Å². The van der Waals surface area contributed by atoms with E-state index in [0.29, 0.717) is 12.8 Å². The van der Waals surface area contributed by atoms with Crippen molar-refractivity contribution < 1.29 is 4.79 Å². The molecule has 144 valence electrons. The van der Waals surface area contributed by atoms with Gasteiger partial charge in [-0.15, -0.1) is 0 Å². The second kappa shape index (κ2) is 13.1. The lowest BCUT2D eigenvalue weighted by atomic mass is 10.2. The first-order chi connectivity index (χ1) is 12.0. The van der Waals surface area contributed by atoms with Gasteiger partial charge in [-0.3, -0.25) is 4.79 Å². The van der Waals surface area contributed by atoms with E-state index >= 15 is 0 Å². The number of nitrogens with zero attached hydrogens (tertiary/aromatic N) is 5. The Kier molecular flexibility index (Phi) is 11.4. The third kappa shape index (κ3) is 11.1. The first-order valence-electron chi connectivity index (χ1n) is 9.48. The summed E-state index contributed by atoms with van der Waals surface area (Å²) >= 11 is 0. The lowest BCUT2D eigenvalue weighted by molar-refractivity contribution is -0.118. The second-order valence-corrected chi connectivity index (χ2v) is 7.12. The average Bonchev–Trinajstić information content (AvgIpc) is 2.57. The standard InChI is InChI=1S/C18H36N6O/c1-21-9-5-12-24(13-6-18(20)25)17-15-22(2)8-4-11-23(16-14-21)10-3-7-19/h3-6,8-17H2,1-2H3,(H2,20,25). The topological polar surface area (TPSA) is 79.8 Å². The molecule has 0 aliphatic carbocycles. The smallest absolute Gasteiger partial charge is 0.218 e. The molecule has 0 aromatic rings. The molecule has 0 radical (unpaired) electrons. The summed E-state index contributed by atoms with van der Waals surface area (Å²) in [5.74, 6) is -0.220. The highest BCUT2D eigenvalue weighted by molar-refractivity contribution is 5.73. The number of carbonyl (C=O) groups is 1. The van der Waals surface area contributed by atoms with E-state index in [1.54, 1.807) is 0 Å². The fourth-order valence-electron chi connectivity index (χ4n) is 3.12. The molecule has 1 aliphatic rings. The van der Waals surface area contributed by atoms with E-state index in [1.807, 2.05) is 0 Å². The summed E-state index contributed by atoms with van der Waals surface area (Å²) in [7, 11) is 4.32. The van der Waals surface area contributed by atoms with Crippen LogP contribution in [0.3, 0.4) is 0 Å². The third-order valence-electron chi connectivity index (χ3n) is 4.84. The molecule has 1 saturated heterocycles. The van der Waals surface area contributed by atoms with Crippen LogP contribution < -0.4 is 5.73 Å². The Labute approximate surface area is 153 Å². The minimum Gasteiger partial charge on any atom is -0.370 e. The lowest BCUT2D eigenvalue weighted by Gasteiger charge is -2.29. The van der Waals surface area contributed by atoms with E-state index < -0.39 is 0 Å². The summed E-state index contributed by atoms with van der Waals surface area (Å²) in [6.07, 6.45) is 3.26. The van der Waals surface area contributed by atoms with Crippen LogP contribution in [0.2, 0.25) is 0 Å². The van der Waals surface area contributed by atoms with E-state index in [9.17, 15) is 4.79 Å². The number of rotatable bonds is 5. The molecule has 0 atom stereocenters. The summed E-state index contributed by atoms with van der Waals surface area (Å²) in [5.41, 5.74) is 5.31. The highest BCUT2D eigenvalue weighted by atomic mass is 16.1. The SMILES string of the molecule is CN1CCCN(CCC(N)=O)CCN(C)CCCN(CCC#N)CC1. The Balaban J connectivity index is 2.53. The van der Waals surface area contributed by atoms with Gasteiger partial charge in [0.05, 0.1) is 6.07 Å². The number of nitriles is 1. The maximum atomic E-state index is 11.1. The number of likely N-dealkylation sites (N-methyl/N-ethyl adjacent to an activating group) is 2. The van der Waals surface area contributed by atoms with Gasteiger partial charge in [-0.25, -0.2) is 0 Å². The fraction of sp³-hybridized carbons (Fsp3) is 0.889. The highest BCUT2D eigenvalue weighted by Gasteiger charge is 2.12. The molecule has 1 rings (SSSR count). The van der Waals surface area contributed by atoms with Gasteiger partial charge in [-0.05, 0) is 53.1 Å². The van der Waals surface area contributed by atoms with Crippen molar-refractivity contribution in [1.29, 1.82) is 5.26 Å². The molecule has 0 aromatic carbocycles. The van der Waals surface area contributed by atoms with Crippen molar-refractivity contribution >= 4 is 5.91 Å². The van der Waals surface area contributed by atoms with Gasteiger partial charge >= 0.3 is 0 Å². The molecule has 0 bridgehead atoms. The Morgan fingerprint density at radius 3 is 1.88 bits per heavy atom. The Morgan fingerprint density at radius 1 is 0.880 bits per heavy atom. The molecule has 0 aromatic heterocycles. The van der Waals surface area contributed by atoms with Crippen LogP contribution in [-0.4, -0.2) is 105 Å². The van der Waals surface area contributed by atoms with Crippen LogP contribution >= 0.6 is 0 Å². The van der Waals surface area contributed by atoms with Crippen LogP contribution in [-0.2, 0) is 4.79 Å². The summed E-state index contributed by atoms with van der Waals surface area (Å²) in [4.78, 5) is 20.6. The molecule has 1 amide bonds. The van der Waals surface area contributed by atoms with Gasteiger partial charge in [-0.1, -0.05) is 0 Å². The summed E-state index contributed by atoms with van der Waals surface area (Å²) in [6, 6.07) is 2.26. The quantitative estimate of drug-likeness (QED) is 0.752. The maximum absolute atomic E-state index is 11.1. The third-order valence-corrected chi connectivity index (χ3v) is 4.84. The monoisotopic (exact) mass is 352 g/mol. The zero-order valence-corrected chi connectivity index (χ0v) is 16.1. The average molecular weight is 353 g/mol. The summed E-state index contributed by atoms with van der Waals surface area (Å²) < 4.78 is 0. The van der Waals surface area contributed by atoms with Gasteiger partial charge < -0.3 is 25.3 Å². The number of carbonyl (C=O) groups excluding carboxylic acids is 1. The van der Waals surface area contributed by atoms with Gasteiger partial charge in [0.2, 0.25) is 5.91 Å². The molecule has 7 nitrogen and oxygen atoms in total. The molecular weight excluding hydrogens is 316 g/mol. The Morgan fingerprint density at radius 2 is 1.40 bits per heavy atom. The molecular formula is C18H36N6O. The first kappa shape index (κ1) is 21.8. The minimum absolute atomic E-state index is 0.220. The van der Waals surface area contributed by atoms with Crippen molar-refractivity contribution in [2.75, 3.05) is 79.5 Å². The molecule has 0 saturated carbocycles. The Hall–Kier alpha value is -1.20. The summed E-state index contributed by atoms with van der Waals surface area (Å²) in [6.45, 7) is 9.82. The van der Waals surface area contributed by atoms with E-state index in [4.69, 9.17) is 11.0 Å². The van der Waals surface area contributed by atoms with Crippen molar-refractivity contribution in [3.8, 4) is 6.07 Å². The zero-order chi connectivity index (χ0) is 18.5. The molecule has 0 spiro atoms. The molecule has 0 unspecified atom stereocenters. The van der Waals surface area contributed by atoms with Crippen molar-refractivity contribution in [2.45, 2.75) is 25.7 Å². The van der Waals surface area contributed by atoms with Crippen molar-refractivity contribution in [2.24, 2.45) is 5.73 Å². The van der Waals surface area contributed by atoms with Crippen LogP contribution in [0.5, 0.6) is 0 Å². The fourth-order valence-corrected chi connectivity index (χ4v) is 3.12. The van der Waals surface area contributed by atoms with E-state index in [1.165, 1.54) is 0 Å². The van der Waals surface area contributed by atoms with Crippen LogP contribution in [0.15, 0.2) is 0 Å². The normalized spacial score (nSPS) is 21.5. The molecule has 1 heterocycles. The number of hydrogen-bond donors (Lipinski definition) is 1. The van der Waals surface area contributed by atoms with Crippen molar-refractivity contribution in [3.63, 3.8) is 0 Å². The van der Waals surface area contributed by atoms with Crippen LogP contribution in [0, 0.1) is 11.3 Å². The zero-order valence-electron chi connectivity index (χ0n) is 16.1. The molecule has 1 fully saturated rings. The second-order valence-electron chi connectivity index (χ2n) is 7.12. The van der Waals surface area contributed by atoms with Crippen LogP contribution in [0.4, 0.5) is 0 Å². The molecule has 25 heavy (non-hydrogen) atoms. The predicted molar refractivity (Wildman–Crippen MR) is 101 cm³/mol. The van der Waals surface area contributed by atoms with Crippen LogP contribution in [0.25, 0.3) is 0 Å². The van der Waals surface area contributed by atoms with Gasteiger partial charge in [0.25, 0.3) is 0 Å². The molecule has 7 heteroatoms. The number of hydrogen-bond acceptors (Lipinski definition) is 6. The molecule has 2 N–H and O–H groups in total. The maximum Gasteiger partial charge on any atom is 0.218 e. The van der Waals surface area contributed by atoms with E-state index in [-0.39, 0.29) is 5.91 Å².